The van der Waals surface area contributed by atoms with Crippen molar-refractivity contribution in [3.8, 4) is 11.8 Å². The van der Waals surface area contributed by atoms with Crippen LogP contribution in [0.25, 0.3) is 11.2 Å². The van der Waals surface area contributed by atoms with Crippen molar-refractivity contribution in [3.63, 3.8) is 0 Å². The number of phosphoric acid groups is 3. The second-order valence-electron chi connectivity index (χ2n) is 6.76. The lowest BCUT2D eigenvalue weighted by Gasteiger charge is -2.27. The van der Waals surface area contributed by atoms with E-state index < -0.39 is 54.0 Å². The van der Waals surface area contributed by atoms with Gasteiger partial charge in [-0.25, -0.2) is 23.7 Å². The van der Waals surface area contributed by atoms with Crippen molar-refractivity contribution >= 4 is 40.6 Å². The molecule has 6 atom stereocenters. The van der Waals surface area contributed by atoms with Crippen molar-refractivity contribution in [2.75, 3.05) is 12.3 Å². The number of nitrogen functional groups attached to an aromatic ring is 1. The van der Waals surface area contributed by atoms with Crippen LogP contribution in [-0.2, 0) is 31.6 Å². The number of hydrogen-bond donors (Lipinski definition) is 7. The Morgan fingerprint density at radius 2 is 1.88 bits per heavy atom. The molecule has 1 aliphatic heterocycles. The van der Waals surface area contributed by atoms with Crippen molar-refractivity contribution in [2.45, 2.75) is 30.9 Å². The van der Waals surface area contributed by atoms with Gasteiger partial charge in [-0.3, -0.25) is 9.09 Å². The summed E-state index contributed by atoms with van der Waals surface area (Å²) in [5, 5.41) is 10.7. The van der Waals surface area contributed by atoms with Gasteiger partial charge in [0.15, 0.2) is 17.4 Å². The van der Waals surface area contributed by atoms with Crippen LogP contribution in [0, 0.1) is 11.8 Å². The van der Waals surface area contributed by atoms with Crippen LogP contribution in [-0.4, -0.2) is 68.6 Å². The van der Waals surface area contributed by atoms with Crippen LogP contribution in [0.3, 0.4) is 0 Å². The number of fused-ring (bicyclic) bond motifs is 1. The highest BCUT2D eigenvalue weighted by molar-refractivity contribution is 7.66. The fraction of sp³-hybridized carbons (Fsp3) is 0.462. The molecule has 0 radical (unpaired) electrons. The molecular formula is C13H19N6O12P3. The number of aliphatic hydroxyl groups excluding tert-OH is 1. The molecule has 34 heavy (non-hydrogen) atoms. The van der Waals surface area contributed by atoms with E-state index in [1.165, 1.54) is 24.0 Å². The molecular weight excluding hydrogens is 525 g/mol. The van der Waals surface area contributed by atoms with E-state index in [0.29, 0.717) is 5.52 Å². The molecule has 2 aromatic heterocycles. The Kier molecular flexibility index (Phi) is 7.36. The SMILES string of the molecule is CC#C[C@@]1(N)C(O)C(COP(=O)(O)OP(=O)(O)OP(=O)(O)O)O[C@H]1n1cnc2cnc(N)nc21. The molecule has 2 aromatic rings. The number of imidazole rings is 1. The summed E-state index contributed by atoms with van der Waals surface area (Å²) < 4.78 is 52.9. The lowest BCUT2D eigenvalue weighted by molar-refractivity contribution is -0.0438. The summed E-state index contributed by atoms with van der Waals surface area (Å²) in [6, 6.07) is 0. The number of nitrogens with two attached hydrogens (primary N) is 2. The van der Waals surface area contributed by atoms with Gasteiger partial charge in [-0.2, -0.15) is 13.6 Å². The summed E-state index contributed by atoms with van der Waals surface area (Å²) in [6.07, 6.45) is -1.80. The van der Waals surface area contributed by atoms with Crippen LogP contribution >= 0.6 is 23.5 Å². The molecule has 0 amide bonds. The van der Waals surface area contributed by atoms with Crippen molar-refractivity contribution in [1.29, 1.82) is 0 Å². The fourth-order valence-electron chi connectivity index (χ4n) is 3.07. The van der Waals surface area contributed by atoms with Gasteiger partial charge in [0, 0.05) is 0 Å². The third-order valence-corrected chi connectivity index (χ3v) is 8.10. The van der Waals surface area contributed by atoms with Gasteiger partial charge in [0.2, 0.25) is 5.95 Å². The average Bonchev–Trinajstić information content (AvgIpc) is 3.17. The summed E-state index contributed by atoms with van der Waals surface area (Å²) in [5.74, 6) is 5.04. The molecule has 0 saturated carbocycles. The molecule has 9 N–H and O–H groups in total. The normalized spacial score (nSPS) is 28.7. The minimum atomic E-state index is -5.72. The van der Waals surface area contributed by atoms with Crippen molar-refractivity contribution < 1.29 is 56.3 Å². The number of hydrogen-bond acceptors (Lipinski definition) is 13. The highest BCUT2D eigenvalue weighted by atomic mass is 31.3. The maximum Gasteiger partial charge on any atom is 0.490 e. The van der Waals surface area contributed by atoms with E-state index in [1.54, 1.807) is 0 Å². The van der Waals surface area contributed by atoms with Crippen LogP contribution < -0.4 is 11.5 Å². The second kappa shape index (κ2) is 9.34. The predicted molar refractivity (Wildman–Crippen MR) is 110 cm³/mol. The zero-order valence-corrected chi connectivity index (χ0v) is 19.7. The monoisotopic (exact) mass is 544 g/mol. The standard InChI is InChI=1S/C13H19N6O12P3/c1-2-3-13(15)9(20)8(5-28-33(24,25)31-34(26,27)30-32(21,22)23)29-11(13)19-6-17-7-4-16-12(14)18-10(7)19/h4,6,8-9,11,20H,5,15H2,1H3,(H,24,25)(H,26,27)(H2,14,16,18)(H2,21,22,23)/t8?,9?,11-,13-/m1/s1. The van der Waals surface area contributed by atoms with Gasteiger partial charge in [0.1, 0.15) is 17.7 Å². The zero-order chi connectivity index (χ0) is 25.5. The molecule has 3 heterocycles. The fourth-order valence-corrected chi connectivity index (χ4v) is 6.10. The molecule has 0 aromatic carbocycles. The van der Waals surface area contributed by atoms with E-state index in [0.717, 1.165) is 0 Å². The molecule has 3 rings (SSSR count). The first-order chi connectivity index (χ1) is 15.6. The Bertz CT molecular complexity index is 1290. The van der Waals surface area contributed by atoms with Crippen molar-refractivity contribution in [2.24, 2.45) is 5.73 Å². The van der Waals surface area contributed by atoms with Gasteiger partial charge in [0.05, 0.1) is 19.1 Å². The number of ether oxygens (including phenoxy) is 1. The van der Waals surface area contributed by atoms with Crippen LogP contribution in [0.2, 0.25) is 0 Å². The molecule has 1 aliphatic rings. The summed E-state index contributed by atoms with van der Waals surface area (Å²) in [7, 11) is -16.7. The summed E-state index contributed by atoms with van der Waals surface area (Å²) in [5.41, 5.74) is 10.6. The highest BCUT2D eigenvalue weighted by Gasteiger charge is 2.55. The quantitative estimate of drug-likeness (QED) is 0.151. The van der Waals surface area contributed by atoms with Crippen molar-refractivity contribution in [1.82, 2.24) is 19.5 Å². The summed E-state index contributed by atoms with van der Waals surface area (Å²) in [6.45, 7) is 0.486. The highest BCUT2D eigenvalue weighted by Crippen LogP contribution is 2.66. The van der Waals surface area contributed by atoms with Gasteiger partial charge in [-0.15, -0.1) is 5.92 Å². The molecule has 0 aliphatic carbocycles. The maximum absolute atomic E-state index is 12.0. The van der Waals surface area contributed by atoms with Gasteiger partial charge >= 0.3 is 23.5 Å². The number of aromatic nitrogens is 4. The molecule has 1 fully saturated rings. The summed E-state index contributed by atoms with van der Waals surface area (Å²) >= 11 is 0. The number of nitrogens with zero attached hydrogens (tertiary/aromatic N) is 4. The van der Waals surface area contributed by atoms with Gasteiger partial charge in [-0.05, 0) is 6.92 Å². The van der Waals surface area contributed by atoms with Crippen LogP contribution in [0.5, 0.6) is 0 Å². The summed E-state index contributed by atoms with van der Waals surface area (Å²) in [4.78, 5) is 47.9. The zero-order valence-electron chi connectivity index (χ0n) is 17.0. The van der Waals surface area contributed by atoms with Gasteiger partial charge < -0.3 is 40.9 Å². The van der Waals surface area contributed by atoms with Crippen LogP contribution in [0.1, 0.15) is 13.2 Å². The number of rotatable bonds is 8. The van der Waals surface area contributed by atoms with Crippen LogP contribution in [0.4, 0.5) is 5.95 Å². The Hall–Kier alpha value is -1.80. The number of aliphatic hydroxyl groups is 1. The maximum atomic E-state index is 12.0. The van der Waals surface area contributed by atoms with E-state index in [4.69, 9.17) is 26.0 Å². The predicted octanol–water partition coefficient (Wildman–Crippen LogP) is -1.27. The van der Waals surface area contributed by atoms with Gasteiger partial charge in [0.25, 0.3) is 0 Å². The molecule has 18 nitrogen and oxygen atoms in total. The van der Waals surface area contributed by atoms with Crippen molar-refractivity contribution in [3.05, 3.63) is 12.5 Å². The van der Waals surface area contributed by atoms with E-state index >= 15 is 0 Å². The Balaban J connectivity index is 1.83. The number of phosphoric ester groups is 1. The van der Waals surface area contributed by atoms with E-state index in [2.05, 4.69) is 39.9 Å². The average molecular weight is 544 g/mol. The largest absolute Gasteiger partial charge is 0.490 e. The first-order valence-corrected chi connectivity index (χ1v) is 13.4. The topological polar surface area (TPSA) is 285 Å². The first kappa shape index (κ1) is 26.8. The molecule has 188 valence electrons. The Morgan fingerprint density at radius 3 is 2.50 bits per heavy atom. The van der Waals surface area contributed by atoms with E-state index in [9.17, 15) is 28.6 Å². The lowest BCUT2D eigenvalue weighted by Crippen LogP contribution is -2.53. The van der Waals surface area contributed by atoms with E-state index in [1.807, 2.05) is 0 Å². The third kappa shape index (κ3) is 5.88. The second-order valence-corrected chi connectivity index (χ2v) is 11.2. The molecule has 1 saturated heterocycles. The first-order valence-electron chi connectivity index (χ1n) is 8.86. The van der Waals surface area contributed by atoms with Crippen LogP contribution in [0.15, 0.2) is 12.5 Å². The number of anilines is 1. The smallest absolute Gasteiger partial charge is 0.387 e. The minimum Gasteiger partial charge on any atom is -0.387 e. The third-order valence-electron chi connectivity index (χ3n) is 4.30. The Morgan fingerprint density at radius 1 is 1.21 bits per heavy atom. The lowest BCUT2D eigenvalue weighted by atomic mass is 9.91. The minimum absolute atomic E-state index is 0.0961. The van der Waals surface area contributed by atoms with E-state index in [-0.39, 0.29) is 11.6 Å². The van der Waals surface area contributed by atoms with Gasteiger partial charge in [-0.1, -0.05) is 5.92 Å². The molecule has 21 heteroatoms. The molecule has 0 bridgehead atoms. The Labute approximate surface area is 190 Å². The molecule has 0 spiro atoms. The molecule has 4 unspecified atom stereocenters.